The Balaban J connectivity index is 1.47. The molecule has 0 unspecified atom stereocenters. The fourth-order valence-corrected chi connectivity index (χ4v) is 4.48. The molecule has 0 fully saturated rings. The second kappa shape index (κ2) is 16.0. The lowest BCUT2D eigenvalue weighted by Gasteiger charge is -2.24. The molecular formula is C33H25Cl2N3O9. The SMILES string of the molecule is O=C(Cc1ccccc1)Nc1ccc(C(=O)NNC(=O)[C@H](OC(=O)c2ccccc2Cl)[C@@H](OC(=O)c2ccccc2Cl)C(=O)O)cc1. The lowest BCUT2D eigenvalue weighted by Crippen LogP contribution is -2.54. The molecular weight excluding hydrogens is 653 g/mol. The van der Waals surface area contributed by atoms with Crippen LogP contribution < -0.4 is 16.2 Å². The van der Waals surface area contributed by atoms with E-state index in [-0.39, 0.29) is 39.1 Å². The predicted octanol–water partition coefficient (Wildman–Crippen LogP) is 4.47. The van der Waals surface area contributed by atoms with E-state index < -0.39 is 41.9 Å². The minimum atomic E-state index is -2.39. The Morgan fingerprint density at radius 3 is 1.68 bits per heavy atom. The van der Waals surface area contributed by atoms with Gasteiger partial charge < -0.3 is 19.9 Å². The Morgan fingerprint density at radius 1 is 0.638 bits per heavy atom. The molecule has 0 saturated carbocycles. The molecule has 3 amide bonds. The summed E-state index contributed by atoms with van der Waals surface area (Å²) in [5.41, 5.74) is 4.90. The molecule has 2 atom stereocenters. The van der Waals surface area contributed by atoms with Crippen molar-refractivity contribution < 1.29 is 43.3 Å². The monoisotopic (exact) mass is 677 g/mol. The third-order valence-corrected chi connectivity index (χ3v) is 7.03. The molecule has 14 heteroatoms. The number of carboxylic acid groups (broad SMARTS) is 1. The minimum Gasteiger partial charge on any atom is -0.478 e. The third kappa shape index (κ3) is 9.39. The number of hydrogen-bond donors (Lipinski definition) is 4. The van der Waals surface area contributed by atoms with Gasteiger partial charge in [0.2, 0.25) is 18.1 Å². The van der Waals surface area contributed by atoms with Crippen LogP contribution in [0.15, 0.2) is 103 Å². The molecule has 4 aromatic carbocycles. The zero-order valence-corrected chi connectivity index (χ0v) is 25.7. The molecule has 47 heavy (non-hydrogen) atoms. The summed E-state index contributed by atoms with van der Waals surface area (Å²) in [4.78, 5) is 76.3. The maximum absolute atomic E-state index is 13.2. The van der Waals surface area contributed by atoms with E-state index in [4.69, 9.17) is 32.7 Å². The molecule has 0 aliphatic rings. The largest absolute Gasteiger partial charge is 0.478 e. The first-order valence-corrected chi connectivity index (χ1v) is 14.5. The Bertz CT molecular complexity index is 1800. The predicted molar refractivity (Wildman–Crippen MR) is 170 cm³/mol. The van der Waals surface area contributed by atoms with Gasteiger partial charge >= 0.3 is 17.9 Å². The summed E-state index contributed by atoms with van der Waals surface area (Å²) in [5.74, 6) is -6.78. The highest BCUT2D eigenvalue weighted by Gasteiger charge is 2.41. The number of anilines is 1. The second-order valence-electron chi connectivity index (χ2n) is 9.68. The van der Waals surface area contributed by atoms with Crippen LogP contribution in [0.5, 0.6) is 0 Å². The van der Waals surface area contributed by atoms with Gasteiger partial charge in [0.25, 0.3) is 11.8 Å². The van der Waals surface area contributed by atoms with Crippen LogP contribution in [0.25, 0.3) is 0 Å². The van der Waals surface area contributed by atoms with Crippen LogP contribution >= 0.6 is 23.2 Å². The number of hydrazine groups is 1. The van der Waals surface area contributed by atoms with Gasteiger partial charge in [-0.15, -0.1) is 0 Å². The second-order valence-corrected chi connectivity index (χ2v) is 10.5. The fourth-order valence-electron chi connectivity index (χ4n) is 4.06. The van der Waals surface area contributed by atoms with Gasteiger partial charge in [-0.3, -0.25) is 25.2 Å². The van der Waals surface area contributed by atoms with Gasteiger partial charge in [0, 0.05) is 11.3 Å². The topological polar surface area (TPSA) is 177 Å². The summed E-state index contributed by atoms with van der Waals surface area (Å²) in [5, 5.41) is 12.5. The van der Waals surface area contributed by atoms with Crippen molar-refractivity contribution in [2.24, 2.45) is 0 Å². The van der Waals surface area contributed by atoms with Crippen LogP contribution in [0.4, 0.5) is 5.69 Å². The van der Waals surface area contributed by atoms with Gasteiger partial charge in [-0.05, 0) is 54.1 Å². The number of aliphatic carboxylic acids is 1. The fraction of sp³-hybridized carbons (Fsp3) is 0.0909. The van der Waals surface area contributed by atoms with Gasteiger partial charge in [-0.1, -0.05) is 77.8 Å². The average molecular weight is 678 g/mol. The molecule has 4 N–H and O–H groups in total. The first-order chi connectivity index (χ1) is 22.5. The van der Waals surface area contributed by atoms with Crippen molar-refractivity contribution in [2.45, 2.75) is 18.6 Å². The number of nitrogens with one attached hydrogen (secondary N) is 3. The summed E-state index contributed by atoms with van der Waals surface area (Å²) in [6.07, 6.45) is -4.56. The van der Waals surface area contributed by atoms with Crippen LogP contribution in [-0.2, 0) is 30.3 Å². The number of hydrogen-bond acceptors (Lipinski definition) is 8. The van der Waals surface area contributed by atoms with Crippen molar-refractivity contribution in [3.8, 4) is 0 Å². The number of carboxylic acids is 1. The molecule has 0 saturated heterocycles. The average Bonchev–Trinajstić information content (AvgIpc) is 3.06. The van der Waals surface area contributed by atoms with Crippen molar-refractivity contribution in [1.29, 1.82) is 0 Å². The Morgan fingerprint density at radius 2 is 1.15 bits per heavy atom. The zero-order chi connectivity index (χ0) is 33.9. The van der Waals surface area contributed by atoms with E-state index in [9.17, 15) is 33.9 Å². The van der Waals surface area contributed by atoms with Crippen molar-refractivity contribution in [3.05, 3.63) is 135 Å². The summed E-state index contributed by atoms with van der Waals surface area (Å²) < 4.78 is 10.2. The number of carbonyl (C=O) groups is 6. The number of ether oxygens (including phenoxy) is 2. The smallest absolute Gasteiger partial charge is 0.349 e. The molecule has 0 aliphatic heterocycles. The number of rotatable bonds is 11. The van der Waals surface area contributed by atoms with Gasteiger partial charge in [-0.25, -0.2) is 14.4 Å². The van der Waals surface area contributed by atoms with E-state index in [0.29, 0.717) is 5.69 Å². The van der Waals surface area contributed by atoms with Crippen LogP contribution in [-0.4, -0.2) is 52.9 Å². The van der Waals surface area contributed by atoms with Crippen molar-refractivity contribution in [1.82, 2.24) is 10.9 Å². The van der Waals surface area contributed by atoms with Crippen molar-refractivity contribution in [3.63, 3.8) is 0 Å². The highest BCUT2D eigenvalue weighted by Crippen LogP contribution is 2.21. The van der Waals surface area contributed by atoms with E-state index >= 15 is 0 Å². The summed E-state index contributed by atoms with van der Waals surface area (Å²) in [6, 6.07) is 25.9. The lowest BCUT2D eigenvalue weighted by molar-refractivity contribution is -0.159. The van der Waals surface area contributed by atoms with Crippen molar-refractivity contribution >= 4 is 64.5 Å². The lowest BCUT2D eigenvalue weighted by atomic mass is 10.1. The Hall–Kier alpha value is -5.72. The standard InChI is InChI=1S/C33H25Cl2N3O9/c34-24-12-6-4-10-22(24)32(44)46-27(28(31(42)43)47-33(45)23-11-5-7-13-25(23)35)30(41)38-37-29(40)20-14-16-21(17-15-20)36-26(39)18-19-8-2-1-3-9-19/h1-17,27-28H,18H2,(H,36,39)(H,37,40)(H,38,41)(H,42,43)/t27-,28-/m1/s1. The molecule has 4 aromatic rings. The van der Waals surface area contributed by atoms with Crippen LogP contribution in [0.1, 0.15) is 36.6 Å². The van der Waals surface area contributed by atoms with E-state index in [0.717, 1.165) is 5.56 Å². The van der Waals surface area contributed by atoms with E-state index in [2.05, 4.69) is 10.7 Å². The third-order valence-electron chi connectivity index (χ3n) is 6.37. The Labute approximate surface area is 277 Å². The summed E-state index contributed by atoms with van der Waals surface area (Å²) in [6.45, 7) is 0. The molecule has 0 spiro atoms. The zero-order valence-electron chi connectivity index (χ0n) is 24.1. The molecule has 12 nitrogen and oxygen atoms in total. The molecule has 0 aliphatic carbocycles. The van der Waals surface area contributed by atoms with Crippen molar-refractivity contribution in [2.75, 3.05) is 5.32 Å². The number of amides is 3. The van der Waals surface area contributed by atoms with Gasteiger partial charge in [0.15, 0.2) is 0 Å². The first-order valence-electron chi connectivity index (χ1n) is 13.7. The molecule has 4 rings (SSSR count). The maximum atomic E-state index is 13.2. The van der Waals surface area contributed by atoms with Gasteiger partial charge in [0.05, 0.1) is 27.6 Å². The summed E-state index contributed by atoms with van der Waals surface area (Å²) in [7, 11) is 0. The van der Waals surface area contributed by atoms with Gasteiger partial charge in [-0.2, -0.15) is 0 Å². The molecule has 0 bridgehead atoms. The number of benzene rings is 4. The summed E-state index contributed by atoms with van der Waals surface area (Å²) >= 11 is 12.1. The maximum Gasteiger partial charge on any atom is 0.349 e. The molecule has 0 aromatic heterocycles. The van der Waals surface area contributed by atoms with Gasteiger partial charge in [0.1, 0.15) is 0 Å². The highest BCUT2D eigenvalue weighted by atomic mass is 35.5. The first kappa shape index (κ1) is 34.2. The van der Waals surface area contributed by atoms with E-state index in [1.54, 1.807) is 0 Å². The normalized spacial score (nSPS) is 11.7. The van der Waals surface area contributed by atoms with E-state index in [1.807, 2.05) is 35.8 Å². The quantitative estimate of drug-likeness (QED) is 0.132. The van der Waals surface area contributed by atoms with Crippen LogP contribution in [0, 0.1) is 0 Å². The number of carbonyl (C=O) groups excluding carboxylic acids is 5. The number of halogens is 2. The van der Waals surface area contributed by atoms with Crippen LogP contribution in [0.2, 0.25) is 10.0 Å². The molecule has 0 radical (unpaired) electrons. The Kier molecular flexibility index (Phi) is 11.6. The number of esters is 2. The molecule has 240 valence electrons. The van der Waals surface area contributed by atoms with E-state index in [1.165, 1.54) is 72.8 Å². The van der Waals surface area contributed by atoms with Crippen LogP contribution in [0.3, 0.4) is 0 Å². The highest BCUT2D eigenvalue weighted by molar-refractivity contribution is 6.34. The minimum absolute atomic E-state index is 0.0379. The molecule has 0 heterocycles.